The molecule has 0 saturated carbocycles. The molecule has 0 radical (unpaired) electrons. The lowest BCUT2D eigenvalue weighted by Gasteiger charge is -1.99. The first kappa shape index (κ1) is 8.89. The Kier molecular flexibility index (Phi) is 2.74. The summed E-state index contributed by atoms with van der Waals surface area (Å²) in [5.41, 5.74) is 0. The lowest BCUT2D eigenvalue weighted by atomic mass is 10.3. The van der Waals surface area contributed by atoms with Crippen LogP contribution < -0.4 is 4.74 Å². The minimum atomic E-state index is 0.571. The van der Waals surface area contributed by atoms with E-state index in [-0.39, 0.29) is 0 Å². The molecule has 3 nitrogen and oxygen atoms in total. The molecule has 0 N–H and O–H groups in total. The molecule has 0 atom stereocenters. The third-order valence-electron chi connectivity index (χ3n) is 1.34. The Balaban J connectivity index is 2.19. The molecule has 13 heavy (non-hydrogen) atoms. The molecular weight excluding hydrogens is 299 g/mol. The van der Waals surface area contributed by atoms with Crippen molar-refractivity contribution in [1.29, 1.82) is 0 Å². The lowest BCUT2D eigenvalue weighted by molar-refractivity contribution is 0.478. The molecular formula is C8H5IN2OS. The predicted molar refractivity (Wildman–Crippen MR) is 59.1 cm³/mol. The zero-order valence-electron chi connectivity index (χ0n) is 6.48. The van der Waals surface area contributed by atoms with Gasteiger partial charge < -0.3 is 4.74 Å². The second-order valence-electron chi connectivity index (χ2n) is 2.27. The van der Waals surface area contributed by atoms with Crippen LogP contribution in [0.15, 0.2) is 30.6 Å². The van der Waals surface area contributed by atoms with Gasteiger partial charge in [0.25, 0.3) is 5.19 Å². The van der Waals surface area contributed by atoms with E-state index in [0.29, 0.717) is 5.19 Å². The van der Waals surface area contributed by atoms with Gasteiger partial charge in [0.05, 0.1) is 0 Å². The maximum Gasteiger partial charge on any atom is 0.298 e. The van der Waals surface area contributed by atoms with E-state index in [0.717, 1.165) is 9.32 Å². The molecule has 2 aromatic rings. The van der Waals surface area contributed by atoms with Crippen molar-refractivity contribution in [3.63, 3.8) is 0 Å². The fourth-order valence-corrected chi connectivity index (χ4v) is 1.77. The van der Waals surface area contributed by atoms with E-state index in [9.17, 15) is 0 Å². The molecule has 0 aliphatic heterocycles. The van der Waals surface area contributed by atoms with Crippen LogP contribution in [0.5, 0.6) is 10.9 Å². The fraction of sp³-hybridized carbons (Fsp3) is 0. The summed E-state index contributed by atoms with van der Waals surface area (Å²) in [5.74, 6) is 0.795. The summed E-state index contributed by atoms with van der Waals surface area (Å²) in [6.45, 7) is 0. The largest absolute Gasteiger partial charge is 0.430 e. The van der Waals surface area contributed by atoms with Crippen LogP contribution in [-0.2, 0) is 0 Å². The molecule has 5 heteroatoms. The van der Waals surface area contributed by atoms with Crippen LogP contribution in [0.3, 0.4) is 0 Å². The Hall–Kier alpha value is -0.690. The molecule has 0 unspecified atom stereocenters. The van der Waals surface area contributed by atoms with Crippen molar-refractivity contribution in [3.8, 4) is 10.9 Å². The quantitative estimate of drug-likeness (QED) is 0.800. The molecule has 1 aromatic carbocycles. The van der Waals surface area contributed by atoms with E-state index < -0.39 is 0 Å². The first-order chi connectivity index (χ1) is 6.34. The number of aromatic nitrogens is 2. The number of benzene rings is 1. The van der Waals surface area contributed by atoms with Gasteiger partial charge in [-0.25, -0.2) is 0 Å². The Morgan fingerprint density at radius 3 is 3.00 bits per heavy atom. The standard InChI is InChI=1S/C8H5IN2OS/c9-6-2-1-3-7(4-6)12-8-10-5-11-13-8/h1-5H. The molecule has 0 aliphatic carbocycles. The van der Waals surface area contributed by atoms with Crippen LogP contribution in [-0.4, -0.2) is 9.36 Å². The Morgan fingerprint density at radius 2 is 2.31 bits per heavy atom. The Labute approximate surface area is 93.1 Å². The summed E-state index contributed by atoms with van der Waals surface area (Å²) in [7, 11) is 0. The second-order valence-corrected chi connectivity index (χ2v) is 4.25. The fourth-order valence-electron chi connectivity index (χ4n) is 0.839. The minimum absolute atomic E-state index is 0.571. The lowest BCUT2D eigenvalue weighted by Crippen LogP contribution is -1.82. The predicted octanol–water partition coefficient (Wildman–Crippen LogP) is 2.94. The van der Waals surface area contributed by atoms with Crippen LogP contribution >= 0.6 is 34.1 Å². The third kappa shape index (κ3) is 2.38. The molecule has 1 heterocycles. The average Bonchev–Trinajstić information content (AvgIpc) is 2.57. The van der Waals surface area contributed by atoms with Gasteiger partial charge in [-0.2, -0.15) is 9.36 Å². The van der Waals surface area contributed by atoms with Crippen molar-refractivity contribution in [2.45, 2.75) is 0 Å². The number of hydrogen-bond donors (Lipinski definition) is 0. The molecule has 0 amide bonds. The number of ether oxygens (including phenoxy) is 1. The summed E-state index contributed by atoms with van der Waals surface area (Å²) in [5, 5.41) is 0.571. The summed E-state index contributed by atoms with van der Waals surface area (Å²) < 4.78 is 10.4. The number of rotatable bonds is 2. The Bertz CT molecular complexity index is 391. The van der Waals surface area contributed by atoms with E-state index in [1.807, 2.05) is 24.3 Å². The van der Waals surface area contributed by atoms with Crippen LogP contribution in [0.1, 0.15) is 0 Å². The zero-order chi connectivity index (χ0) is 9.10. The molecule has 0 aliphatic rings. The van der Waals surface area contributed by atoms with Crippen molar-refractivity contribution >= 4 is 34.1 Å². The highest BCUT2D eigenvalue weighted by Gasteiger charge is 1.99. The van der Waals surface area contributed by atoms with Gasteiger partial charge in [-0.05, 0) is 40.8 Å². The summed E-state index contributed by atoms with van der Waals surface area (Å²) in [6, 6.07) is 7.79. The van der Waals surface area contributed by atoms with Crippen molar-refractivity contribution in [1.82, 2.24) is 9.36 Å². The monoisotopic (exact) mass is 304 g/mol. The van der Waals surface area contributed by atoms with Gasteiger partial charge in [0, 0.05) is 15.1 Å². The van der Waals surface area contributed by atoms with Gasteiger partial charge >= 0.3 is 0 Å². The van der Waals surface area contributed by atoms with Crippen molar-refractivity contribution < 1.29 is 4.74 Å². The molecule has 0 bridgehead atoms. The van der Waals surface area contributed by atoms with E-state index in [2.05, 4.69) is 31.9 Å². The maximum atomic E-state index is 5.44. The van der Waals surface area contributed by atoms with E-state index >= 15 is 0 Å². The number of hydrogen-bond acceptors (Lipinski definition) is 4. The molecule has 0 saturated heterocycles. The van der Waals surface area contributed by atoms with Gasteiger partial charge in [-0.3, -0.25) is 0 Å². The van der Waals surface area contributed by atoms with Crippen molar-refractivity contribution in [2.75, 3.05) is 0 Å². The second kappa shape index (κ2) is 4.01. The average molecular weight is 304 g/mol. The summed E-state index contributed by atoms with van der Waals surface area (Å²) in [4.78, 5) is 3.92. The first-order valence-corrected chi connectivity index (χ1v) is 5.40. The molecule has 1 aromatic heterocycles. The van der Waals surface area contributed by atoms with E-state index in [1.165, 1.54) is 17.9 Å². The molecule has 2 rings (SSSR count). The van der Waals surface area contributed by atoms with Crippen LogP contribution in [0.4, 0.5) is 0 Å². The SMILES string of the molecule is Ic1cccc(Oc2ncns2)c1. The van der Waals surface area contributed by atoms with E-state index in [1.54, 1.807) is 0 Å². The molecule has 0 fully saturated rings. The normalized spacial score (nSPS) is 9.92. The van der Waals surface area contributed by atoms with Crippen molar-refractivity contribution in [2.24, 2.45) is 0 Å². The molecule has 0 spiro atoms. The highest BCUT2D eigenvalue weighted by atomic mass is 127. The third-order valence-corrected chi connectivity index (χ3v) is 2.56. The highest BCUT2D eigenvalue weighted by Crippen LogP contribution is 2.22. The van der Waals surface area contributed by atoms with E-state index in [4.69, 9.17) is 4.74 Å². The highest BCUT2D eigenvalue weighted by molar-refractivity contribution is 14.1. The van der Waals surface area contributed by atoms with Gasteiger partial charge in [0.1, 0.15) is 12.1 Å². The maximum absolute atomic E-state index is 5.44. The first-order valence-electron chi connectivity index (χ1n) is 3.55. The zero-order valence-corrected chi connectivity index (χ0v) is 9.45. The Morgan fingerprint density at radius 1 is 1.38 bits per heavy atom. The van der Waals surface area contributed by atoms with Gasteiger partial charge in [0.15, 0.2) is 0 Å². The summed E-state index contributed by atoms with van der Waals surface area (Å²) >= 11 is 3.47. The molecule has 66 valence electrons. The van der Waals surface area contributed by atoms with Crippen LogP contribution in [0, 0.1) is 3.57 Å². The topological polar surface area (TPSA) is 35.0 Å². The number of nitrogens with zero attached hydrogens (tertiary/aromatic N) is 2. The van der Waals surface area contributed by atoms with Crippen LogP contribution in [0.25, 0.3) is 0 Å². The van der Waals surface area contributed by atoms with Gasteiger partial charge in [0.2, 0.25) is 0 Å². The van der Waals surface area contributed by atoms with Crippen LogP contribution in [0.2, 0.25) is 0 Å². The van der Waals surface area contributed by atoms with Gasteiger partial charge in [-0.15, -0.1) is 0 Å². The number of halogens is 1. The summed E-state index contributed by atoms with van der Waals surface area (Å²) in [6.07, 6.45) is 1.48. The smallest absolute Gasteiger partial charge is 0.298 e. The van der Waals surface area contributed by atoms with Gasteiger partial charge in [-0.1, -0.05) is 6.07 Å². The van der Waals surface area contributed by atoms with Crippen molar-refractivity contribution in [3.05, 3.63) is 34.2 Å². The minimum Gasteiger partial charge on any atom is -0.430 e.